The molecular weight excluding hydrogens is 1180 g/mol. The van der Waals surface area contributed by atoms with Gasteiger partial charge in [0.2, 0.25) is 17.7 Å². The Morgan fingerprint density at radius 3 is 1.42 bits per heavy atom. The number of nitrogens with one attached hydrogen (secondary N) is 5. The number of aromatic nitrogens is 4. The Morgan fingerprint density at radius 1 is 0.584 bits per heavy atom. The van der Waals surface area contributed by atoms with Crippen molar-refractivity contribution in [2.24, 2.45) is 22.7 Å². The number of nitrogens with zero attached hydrogens (tertiary/aromatic N) is 7. The smallest absolute Gasteiger partial charge is 0.326 e. The zero-order valence-electron chi connectivity index (χ0n) is 52.3. The molecule has 4 aromatic rings. The molecule has 2 aliphatic heterocycles. The van der Waals surface area contributed by atoms with E-state index in [1.807, 2.05) is 62.1 Å². The van der Waals surface area contributed by atoms with Gasteiger partial charge in [-0.15, -0.1) is 0 Å². The summed E-state index contributed by atoms with van der Waals surface area (Å²) in [6.07, 6.45) is 17.8. The minimum Gasteiger partial charge on any atom is -0.480 e. The lowest BCUT2D eigenvalue weighted by atomic mass is 9.82. The maximum Gasteiger partial charge on any atom is 0.326 e. The second-order valence-electron chi connectivity index (χ2n) is 25.1. The van der Waals surface area contributed by atoms with Crippen molar-refractivity contribution in [3.05, 3.63) is 118 Å². The summed E-state index contributed by atoms with van der Waals surface area (Å²) >= 11 is 11.9. The number of amides is 5. The average Bonchev–Trinajstić information content (AvgIpc) is 1.96. The van der Waals surface area contributed by atoms with Crippen molar-refractivity contribution in [2.45, 2.75) is 155 Å². The number of esters is 2. The van der Waals surface area contributed by atoms with Crippen LogP contribution >= 0.6 is 23.2 Å². The highest BCUT2D eigenvalue weighted by Gasteiger charge is 2.43. The van der Waals surface area contributed by atoms with Gasteiger partial charge in [-0.3, -0.25) is 53.3 Å². The molecule has 2 saturated carbocycles. The van der Waals surface area contributed by atoms with E-state index in [2.05, 4.69) is 51.4 Å². The van der Waals surface area contributed by atoms with Crippen molar-refractivity contribution in [3.8, 4) is 0 Å². The number of carbonyl (C=O) groups is 8. The first-order valence-electron chi connectivity index (χ1n) is 30.5. The molecule has 0 spiro atoms. The lowest BCUT2D eigenvalue weighted by Gasteiger charge is -2.43. The number of methoxy groups -OCH3 is 2. The largest absolute Gasteiger partial charge is 0.480 e. The molecule has 4 aliphatic rings. The zero-order valence-corrected chi connectivity index (χ0v) is 53.9. The first kappa shape index (κ1) is 70.9. The summed E-state index contributed by atoms with van der Waals surface area (Å²) < 4.78 is 9.95. The molecule has 2 aromatic carbocycles. The highest BCUT2D eigenvalue weighted by atomic mass is 35.5. The summed E-state index contributed by atoms with van der Waals surface area (Å²) in [7, 11) is 2.76. The van der Waals surface area contributed by atoms with Gasteiger partial charge < -0.3 is 46.1 Å². The monoisotopic (exact) mass is 1270 g/mol. The summed E-state index contributed by atoms with van der Waals surface area (Å²) in [6.45, 7) is 15.4. The summed E-state index contributed by atoms with van der Waals surface area (Å²) in [5.74, 6) is -3.96. The Kier molecular flexibility index (Phi) is 27.2. The van der Waals surface area contributed by atoms with Gasteiger partial charge in [0, 0.05) is 87.2 Å². The first-order valence-corrected chi connectivity index (χ1v) is 31.2. The molecule has 4 heterocycles. The van der Waals surface area contributed by atoms with Crippen LogP contribution in [0.3, 0.4) is 0 Å². The predicted octanol–water partition coefficient (Wildman–Crippen LogP) is 6.28. The molecule has 4 fully saturated rings. The van der Waals surface area contributed by atoms with Gasteiger partial charge in [-0.1, -0.05) is 128 Å². The molecule has 6 atom stereocenters. The van der Waals surface area contributed by atoms with Crippen molar-refractivity contribution < 1.29 is 52.9 Å². The first-order chi connectivity index (χ1) is 42.4. The van der Waals surface area contributed by atoms with Crippen molar-refractivity contribution in [3.63, 3.8) is 0 Å². The van der Waals surface area contributed by atoms with Crippen LogP contribution in [0.2, 0.25) is 10.0 Å². The van der Waals surface area contributed by atoms with Gasteiger partial charge in [0.1, 0.15) is 47.6 Å². The highest BCUT2D eigenvalue weighted by molar-refractivity contribution is 6.30. The third-order valence-electron chi connectivity index (χ3n) is 16.5. The van der Waals surface area contributed by atoms with E-state index in [0.717, 1.165) is 100.0 Å². The molecule has 2 saturated heterocycles. The van der Waals surface area contributed by atoms with E-state index >= 15 is 0 Å². The van der Waals surface area contributed by atoms with Gasteiger partial charge >= 0.3 is 17.9 Å². The topological polar surface area (TPSA) is 297 Å². The molecule has 89 heavy (non-hydrogen) atoms. The Labute approximate surface area is 531 Å². The van der Waals surface area contributed by atoms with E-state index in [9.17, 15) is 43.5 Å². The molecule has 0 radical (unpaired) electrons. The van der Waals surface area contributed by atoms with Crippen LogP contribution in [0.4, 0.5) is 0 Å². The summed E-state index contributed by atoms with van der Waals surface area (Å²) in [6, 6.07) is 10.7. The number of aliphatic carboxylic acids is 1. The van der Waals surface area contributed by atoms with Crippen molar-refractivity contribution >= 4 is 70.6 Å². The van der Waals surface area contributed by atoms with E-state index in [-0.39, 0.29) is 47.7 Å². The minimum absolute atomic E-state index is 0.0335. The Morgan fingerprint density at radius 2 is 1.01 bits per heavy atom. The Bertz CT molecular complexity index is 2960. The average molecular weight is 1270 g/mol. The fraction of sp³-hybridized carbons (Fsp3) is 0.562. The quantitative estimate of drug-likeness (QED) is 0.0597. The van der Waals surface area contributed by atoms with Gasteiger partial charge in [0.25, 0.3) is 11.8 Å². The standard InChI is InChI=1S/C32H43ClN6O5.C19H28N4O4.C13H17ClN2O2/c1-32(2,3)27(37-29(41)26(22-8-6-5-7-9-22)36-28(40)24-18-34-14-15-35-24)30(42)39-17-16-38(25(20-39)31(43)44-4)19-21-10-12-23(33)13-11-21;1-19(2,3)15(18(26)27)23-17(25)14(12-7-5-4-6-8-12)22-16(24)13-11-20-9-10-21-13;1-18-13(17)12-8-15-6-7-16(12)9-10-2-4-11(14)5-3-10/h10-15,18,22,25-27H,5-9,16-17,19-20H2,1-4H3,(H,36,40)(H,37,41);9-12,14-15H,4-8H2,1-3H3,(H,22,24)(H,23,25)(H,26,27);2-5,12,15H,6-9H2,1H3/t25-,26+,27-;14-,15+;12-/m101/s1. The van der Waals surface area contributed by atoms with Crippen LogP contribution in [-0.2, 0) is 51.3 Å². The number of benzene rings is 2. The van der Waals surface area contributed by atoms with Gasteiger partial charge in [-0.2, -0.15) is 0 Å². The molecule has 5 amide bonds. The normalized spacial score (nSPS) is 19.1. The van der Waals surface area contributed by atoms with Crippen LogP contribution < -0.4 is 26.6 Å². The number of carboxylic acid groups (broad SMARTS) is 1. The molecule has 8 rings (SSSR count). The second-order valence-corrected chi connectivity index (χ2v) is 26.0. The summed E-state index contributed by atoms with van der Waals surface area (Å²) in [5, 5.41) is 25.3. The van der Waals surface area contributed by atoms with Crippen LogP contribution in [0.15, 0.2) is 85.7 Å². The van der Waals surface area contributed by atoms with Gasteiger partial charge in [0.15, 0.2) is 0 Å². The van der Waals surface area contributed by atoms with Crippen LogP contribution in [0, 0.1) is 22.7 Å². The number of carbonyl (C=O) groups excluding carboxylic acids is 7. The number of halogens is 2. The predicted molar refractivity (Wildman–Crippen MR) is 335 cm³/mol. The zero-order chi connectivity index (χ0) is 64.8. The van der Waals surface area contributed by atoms with Gasteiger partial charge in [0.05, 0.1) is 26.6 Å². The third-order valence-corrected chi connectivity index (χ3v) is 17.0. The number of piperazine rings is 2. The van der Waals surface area contributed by atoms with Gasteiger partial charge in [-0.05, 0) is 83.7 Å². The maximum atomic E-state index is 14.1. The third kappa shape index (κ3) is 21.5. The van der Waals surface area contributed by atoms with Crippen LogP contribution in [0.1, 0.15) is 138 Å². The fourth-order valence-corrected chi connectivity index (χ4v) is 11.7. The van der Waals surface area contributed by atoms with Crippen molar-refractivity contribution in [2.75, 3.05) is 53.5 Å². The van der Waals surface area contributed by atoms with E-state index in [1.165, 1.54) is 51.4 Å². The van der Waals surface area contributed by atoms with Crippen LogP contribution in [-0.4, -0.2) is 177 Å². The number of hydrogen-bond donors (Lipinski definition) is 6. The molecule has 0 bridgehead atoms. The molecular formula is C64H88Cl2N12O11. The molecule has 2 aliphatic carbocycles. The van der Waals surface area contributed by atoms with Gasteiger partial charge in [-0.25, -0.2) is 14.8 Å². The van der Waals surface area contributed by atoms with Crippen molar-refractivity contribution in [1.29, 1.82) is 0 Å². The van der Waals surface area contributed by atoms with Crippen LogP contribution in [0.25, 0.3) is 0 Å². The highest BCUT2D eigenvalue weighted by Crippen LogP contribution is 2.31. The molecule has 25 heteroatoms. The number of carboxylic acids is 1. The molecule has 6 N–H and O–H groups in total. The van der Waals surface area contributed by atoms with Crippen molar-refractivity contribution in [1.82, 2.24) is 61.2 Å². The van der Waals surface area contributed by atoms with Crippen LogP contribution in [0.5, 0.6) is 0 Å². The second kappa shape index (κ2) is 34.1. The summed E-state index contributed by atoms with van der Waals surface area (Å²) in [4.78, 5) is 124. The molecule has 484 valence electrons. The Hall–Kier alpha value is -7.18. The minimum atomic E-state index is -1.10. The number of ether oxygens (including phenoxy) is 2. The molecule has 2 aromatic heterocycles. The SMILES string of the molecule is CC(C)(C)[C@H](NC(=O)[C@@H](NC(=O)c1cnccn1)C1CCCCC1)C(=O)O.COC(=O)[C@H]1CN(C(=O)[C@@H](NC(=O)[C@@H](NC(=O)c2cnccn2)C2CCCCC2)C(C)(C)C)CCN1Cc1ccc(Cl)cc1.COC(=O)[C@H]1CNCCN1Cc1ccc(Cl)cc1. The summed E-state index contributed by atoms with van der Waals surface area (Å²) in [5.41, 5.74) is 1.06. The molecule has 23 nitrogen and oxygen atoms in total. The van der Waals surface area contributed by atoms with E-state index < -0.39 is 76.6 Å². The van der Waals surface area contributed by atoms with E-state index in [4.69, 9.17) is 32.7 Å². The maximum absolute atomic E-state index is 14.1. The molecule has 0 unspecified atom stereocenters. The van der Waals surface area contributed by atoms with E-state index in [1.54, 1.807) is 37.8 Å². The fourth-order valence-electron chi connectivity index (χ4n) is 11.5. The Balaban J connectivity index is 0.000000237. The number of hydrogen-bond acceptors (Lipinski definition) is 17. The lowest BCUT2D eigenvalue weighted by Crippen LogP contribution is -2.64. The van der Waals surface area contributed by atoms with E-state index in [0.29, 0.717) is 31.2 Å². The lowest BCUT2D eigenvalue weighted by molar-refractivity contribution is -0.154. The number of rotatable bonds is 18.